The molecule has 0 aromatic rings. The van der Waals surface area contributed by atoms with Gasteiger partial charge in [-0.1, -0.05) is 171 Å². The smallest absolute Gasteiger partial charge is 0.306 e. The fourth-order valence-corrected chi connectivity index (χ4v) is 5.58. The van der Waals surface area contributed by atoms with Crippen molar-refractivity contribution >= 4 is 17.9 Å². The van der Waals surface area contributed by atoms with Crippen molar-refractivity contribution in [3.8, 4) is 0 Å². The molecule has 0 heterocycles. The van der Waals surface area contributed by atoms with Gasteiger partial charge >= 0.3 is 17.9 Å². The first-order valence-corrected chi connectivity index (χ1v) is 21.3. The summed E-state index contributed by atoms with van der Waals surface area (Å²) < 4.78 is 16.5. The normalized spacial score (nSPS) is 12.6. The summed E-state index contributed by atoms with van der Waals surface area (Å²) in [6, 6.07) is 0. The molecule has 0 bridgehead atoms. The Morgan fingerprint density at radius 3 is 1.17 bits per heavy atom. The van der Waals surface area contributed by atoms with Crippen LogP contribution < -0.4 is 0 Å². The van der Waals surface area contributed by atoms with E-state index in [4.69, 9.17) is 14.2 Å². The predicted octanol–water partition coefficient (Wildman–Crippen LogP) is 13.4. The van der Waals surface area contributed by atoms with Crippen LogP contribution in [0.15, 0.2) is 60.8 Å². The average Bonchev–Trinajstić information content (AvgIpc) is 3.14. The van der Waals surface area contributed by atoms with Crippen LogP contribution in [0.1, 0.15) is 194 Å². The third kappa shape index (κ3) is 38.3. The number of esters is 3. The molecule has 1 unspecified atom stereocenters. The summed E-state index contributed by atoms with van der Waals surface area (Å²) >= 11 is 0. The molecule has 0 N–H and O–H groups in total. The lowest BCUT2D eigenvalue weighted by Gasteiger charge is -2.18. The van der Waals surface area contributed by atoms with E-state index < -0.39 is 6.10 Å². The van der Waals surface area contributed by atoms with Crippen LogP contribution in [-0.4, -0.2) is 37.2 Å². The molecule has 0 aromatic heterocycles. The SMILES string of the molecule is CC/C=C\C/C=C\C/C=C\C/C=C\C/C=C\CCCCCC(=O)OCC(COC(=O)CCCCCCCC)OC(=O)CCCCCCCCCCC. The van der Waals surface area contributed by atoms with Crippen molar-refractivity contribution < 1.29 is 28.6 Å². The molecule has 0 spiro atoms. The minimum absolute atomic E-state index is 0.0846. The highest BCUT2D eigenvalue weighted by Gasteiger charge is 2.19. The molecule has 0 aliphatic rings. The van der Waals surface area contributed by atoms with E-state index >= 15 is 0 Å². The van der Waals surface area contributed by atoms with Crippen molar-refractivity contribution in [2.75, 3.05) is 13.2 Å². The van der Waals surface area contributed by atoms with Gasteiger partial charge in [0.1, 0.15) is 13.2 Å². The second-order valence-corrected chi connectivity index (χ2v) is 13.9. The van der Waals surface area contributed by atoms with Crippen LogP contribution in [0, 0.1) is 0 Å². The predicted molar refractivity (Wildman–Crippen MR) is 219 cm³/mol. The first kappa shape index (κ1) is 49.1. The second-order valence-electron chi connectivity index (χ2n) is 13.9. The van der Waals surface area contributed by atoms with Crippen LogP contribution in [0.3, 0.4) is 0 Å². The first-order chi connectivity index (χ1) is 25.5. The van der Waals surface area contributed by atoms with Gasteiger partial charge in [-0.25, -0.2) is 0 Å². The van der Waals surface area contributed by atoms with Crippen LogP contribution in [0.5, 0.6) is 0 Å². The van der Waals surface area contributed by atoms with Gasteiger partial charge in [0.25, 0.3) is 0 Å². The number of hydrogen-bond donors (Lipinski definition) is 0. The number of hydrogen-bond acceptors (Lipinski definition) is 6. The van der Waals surface area contributed by atoms with Gasteiger partial charge in [-0.15, -0.1) is 0 Å². The Morgan fingerprint density at radius 1 is 0.404 bits per heavy atom. The monoisotopic (exact) mass is 727 g/mol. The van der Waals surface area contributed by atoms with Gasteiger partial charge in [-0.2, -0.15) is 0 Å². The third-order valence-electron chi connectivity index (χ3n) is 8.79. The van der Waals surface area contributed by atoms with E-state index in [1.165, 1.54) is 57.8 Å². The number of ether oxygens (including phenoxy) is 3. The Balaban J connectivity index is 4.30. The molecule has 6 heteroatoms. The lowest BCUT2D eigenvalue weighted by atomic mass is 10.1. The average molecular weight is 727 g/mol. The first-order valence-electron chi connectivity index (χ1n) is 21.3. The zero-order chi connectivity index (χ0) is 38.0. The second kappa shape index (κ2) is 40.9. The summed E-state index contributed by atoms with van der Waals surface area (Å²) in [6.07, 6.45) is 48.0. The number of unbranched alkanes of at least 4 members (excludes halogenated alkanes) is 16. The van der Waals surface area contributed by atoms with Crippen LogP contribution in [0.25, 0.3) is 0 Å². The van der Waals surface area contributed by atoms with E-state index in [9.17, 15) is 14.4 Å². The van der Waals surface area contributed by atoms with Crippen LogP contribution in [-0.2, 0) is 28.6 Å². The van der Waals surface area contributed by atoms with Crippen molar-refractivity contribution in [1.29, 1.82) is 0 Å². The molecular weight excluding hydrogens is 648 g/mol. The maximum absolute atomic E-state index is 12.6. The molecule has 6 nitrogen and oxygen atoms in total. The number of carbonyl (C=O) groups excluding carboxylic acids is 3. The largest absolute Gasteiger partial charge is 0.462 e. The Morgan fingerprint density at radius 2 is 0.750 bits per heavy atom. The van der Waals surface area contributed by atoms with Crippen molar-refractivity contribution in [1.82, 2.24) is 0 Å². The van der Waals surface area contributed by atoms with Gasteiger partial charge < -0.3 is 14.2 Å². The zero-order valence-electron chi connectivity index (χ0n) is 33.8. The highest BCUT2D eigenvalue weighted by molar-refractivity contribution is 5.71. The molecule has 0 saturated heterocycles. The van der Waals surface area contributed by atoms with Crippen LogP contribution in [0.2, 0.25) is 0 Å². The third-order valence-corrected chi connectivity index (χ3v) is 8.79. The summed E-state index contributed by atoms with van der Waals surface area (Å²) in [5, 5.41) is 0. The van der Waals surface area contributed by atoms with Gasteiger partial charge in [0, 0.05) is 19.3 Å². The summed E-state index contributed by atoms with van der Waals surface area (Å²) in [4.78, 5) is 37.4. The van der Waals surface area contributed by atoms with Crippen LogP contribution in [0.4, 0.5) is 0 Å². The van der Waals surface area contributed by atoms with Crippen molar-refractivity contribution in [2.45, 2.75) is 200 Å². The number of carbonyl (C=O) groups is 3. The summed E-state index contributed by atoms with van der Waals surface area (Å²) in [5.41, 5.74) is 0. The molecule has 0 amide bonds. The van der Waals surface area contributed by atoms with Gasteiger partial charge in [-0.05, 0) is 64.2 Å². The van der Waals surface area contributed by atoms with Crippen molar-refractivity contribution in [3.05, 3.63) is 60.8 Å². The molecule has 52 heavy (non-hydrogen) atoms. The van der Waals surface area contributed by atoms with E-state index in [2.05, 4.69) is 81.5 Å². The van der Waals surface area contributed by atoms with E-state index in [1.807, 2.05) is 0 Å². The molecule has 0 aliphatic carbocycles. The molecular formula is C46H78O6. The maximum atomic E-state index is 12.6. The Hall–Kier alpha value is -2.89. The Kier molecular flexibility index (Phi) is 38.6. The molecule has 298 valence electrons. The molecule has 0 aliphatic heterocycles. The molecule has 1 atom stereocenters. The molecule has 0 rings (SSSR count). The van der Waals surface area contributed by atoms with E-state index in [1.54, 1.807) is 0 Å². The minimum atomic E-state index is -0.779. The van der Waals surface area contributed by atoms with Gasteiger partial charge in [0.05, 0.1) is 0 Å². The van der Waals surface area contributed by atoms with Gasteiger partial charge in [0.2, 0.25) is 0 Å². The molecule has 0 saturated carbocycles. The zero-order valence-corrected chi connectivity index (χ0v) is 33.8. The lowest BCUT2D eigenvalue weighted by Crippen LogP contribution is -2.30. The fourth-order valence-electron chi connectivity index (χ4n) is 5.58. The van der Waals surface area contributed by atoms with E-state index in [0.717, 1.165) is 96.3 Å². The molecule has 0 fully saturated rings. The molecule has 0 aromatic carbocycles. The van der Waals surface area contributed by atoms with E-state index in [-0.39, 0.29) is 31.1 Å². The quantitative estimate of drug-likeness (QED) is 0.0274. The Labute approximate surface area is 320 Å². The van der Waals surface area contributed by atoms with Crippen molar-refractivity contribution in [3.63, 3.8) is 0 Å². The lowest BCUT2D eigenvalue weighted by molar-refractivity contribution is -0.167. The topological polar surface area (TPSA) is 78.9 Å². The highest BCUT2D eigenvalue weighted by atomic mass is 16.6. The van der Waals surface area contributed by atoms with Crippen LogP contribution >= 0.6 is 0 Å². The summed E-state index contributed by atoms with van der Waals surface area (Å²) in [7, 11) is 0. The Bertz CT molecular complexity index is 975. The van der Waals surface area contributed by atoms with Gasteiger partial charge in [0.15, 0.2) is 6.10 Å². The highest BCUT2D eigenvalue weighted by Crippen LogP contribution is 2.13. The summed E-state index contributed by atoms with van der Waals surface area (Å²) in [5.74, 6) is -0.936. The van der Waals surface area contributed by atoms with Gasteiger partial charge in [-0.3, -0.25) is 14.4 Å². The number of allylic oxidation sites excluding steroid dienone is 10. The van der Waals surface area contributed by atoms with E-state index in [0.29, 0.717) is 19.3 Å². The maximum Gasteiger partial charge on any atom is 0.306 e. The van der Waals surface area contributed by atoms with Crippen molar-refractivity contribution in [2.24, 2.45) is 0 Å². The fraction of sp³-hybridized carbons (Fsp3) is 0.717. The molecule has 0 radical (unpaired) electrons. The summed E-state index contributed by atoms with van der Waals surface area (Å²) in [6.45, 7) is 6.39. The number of rotatable bonds is 37. The standard InChI is InChI=1S/C46H78O6/c1-4-7-10-13-16-18-19-20-21-22-23-24-25-26-27-29-30-33-36-39-45(48)51-42-43(41-50-44(47)38-35-32-15-12-9-6-3)52-46(49)40-37-34-31-28-17-14-11-8-5-2/h7,10,16,18,20-21,23-24,26-27,43H,4-6,8-9,11-15,17,19,22,25,28-42H2,1-3H3/b10-7-,18-16-,21-20-,24-23-,27-26-. The minimum Gasteiger partial charge on any atom is -0.462 e.